The summed E-state index contributed by atoms with van der Waals surface area (Å²) in [4.78, 5) is 35.9. The maximum atomic E-state index is 12.6. The quantitative estimate of drug-likeness (QED) is 0.570. The molecule has 2 heterocycles. The Morgan fingerprint density at radius 2 is 1.74 bits per heavy atom. The molecule has 0 atom stereocenters. The number of benzene rings is 2. The summed E-state index contributed by atoms with van der Waals surface area (Å²) in [5.74, 6) is -0.484. The fraction of sp³-hybridized carbons (Fsp3) is 0.0526. The number of H-pyrrole nitrogens is 1. The second-order valence-corrected chi connectivity index (χ2v) is 6.50. The molecule has 27 heavy (non-hydrogen) atoms. The summed E-state index contributed by atoms with van der Waals surface area (Å²) >= 11 is 5.93. The standard InChI is InChI=1S/C19H14ClN5O2/c1-10-2-8-13(9-3-10)25-18-15(23-19(25)27)14(16(21)26)22-17(24-18)11-4-6-12(20)7-5-11/h2-9H,1H3,(H2,21,26)(H,23,27). The first-order chi connectivity index (χ1) is 12.9. The predicted octanol–water partition coefficient (Wildman–Crippen LogP) is 2.84. The van der Waals surface area contributed by atoms with Crippen molar-refractivity contribution in [2.45, 2.75) is 6.92 Å². The van der Waals surface area contributed by atoms with Gasteiger partial charge in [0.2, 0.25) is 0 Å². The summed E-state index contributed by atoms with van der Waals surface area (Å²) < 4.78 is 1.39. The van der Waals surface area contributed by atoms with Crippen molar-refractivity contribution in [3.63, 3.8) is 0 Å². The second kappa shape index (κ2) is 6.37. The molecule has 134 valence electrons. The number of primary amides is 1. The summed E-state index contributed by atoms with van der Waals surface area (Å²) in [6, 6.07) is 14.2. The summed E-state index contributed by atoms with van der Waals surface area (Å²) in [6.45, 7) is 1.95. The van der Waals surface area contributed by atoms with Crippen LogP contribution in [0.3, 0.4) is 0 Å². The van der Waals surface area contributed by atoms with Gasteiger partial charge in [-0.3, -0.25) is 4.79 Å². The number of carbonyl (C=O) groups excluding carboxylic acids is 1. The minimum absolute atomic E-state index is 0.0482. The molecule has 0 saturated heterocycles. The van der Waals surface area contributed by atoms with Crippen LogP contribution in [-0.2, 0) is 0 Å². The number of aromatic nitrogens is 4. The number of hydrogen-bond acceptors (Lipinski definition) is 4. The van der Waals surface area contributed by atoms with E-state index in [9.17, 15) is 9.59 Å². The van der Waals surface area contributed by atoms with Crippen molar-refractivity contribution >= 4 is 28.7 Å². The Morgan fingerprint density at radius 3 is 2.37 bits per heavy atom. The maximum Gasteiger partial charge on any atom is 0.332 e. The zero-order valence-electron chi connectivity index (χ0n) is 14.2. The van der Waals surface area contributed by atoms with E-state index in [0.717, 1.165) is 5.56 Å². The number of nitrogens with zero attached hydrogens (tertiary/aromatic N) is 3. The van der Waals surface area contributed by atoms with Gasteiger partial charge in [0.25, 0.3) is 5.91 Å². The lowest BCUT2D eigenvalue weighted by molar-refractivity contribution is 0.0997. The van der Waals surface area contributed by atoms with Crippen molar-refractivity contribution in [1.82, 2.24) is 19.5 Å². The van der Waals surface area contributed by atoms with Crippen LogP contribution in [0.25, 0.3) is 28.2 Å². The second-order valence-electron chi connectivity index (χ2n) is 6.07. The highest BCUT2D eigenvalue weighted by atomic mass is 35.5. The van der Waals surface area contributed by atoms with Gasteiger partial charge in [-0.1, -0.05) is 29.3 Å². The summed E-state index contributed by atoms with van der Waals surface area (Å²) in [5.41, 5.74) is 7.80. The van der Waals surface area contributed by atoms with E-state index in [2.05, 4.69) is 15.0 Å². The van der Waals surface area contributed by atoms with Gasteiger partial charge in [0.1, 0.15) is 5.52 Å². The molecule has 4 rings (SSSR count). The number of halogens is 1. The van der Waals surface area contributed by atoms with E-state index < -0.39 is 11.6 Å². The van der Waals surface area contributed by atoms with Crippen molar-refractivity contribution in [3.05, 3.63) is 75.3 Å². The molecule has 0 saturated carbocycles. The van der Waals surface area contributed by atoms with Gasteiger partial charge in [0.05, 0.1) is 5.69 Å². The van der Waals surface area contributed by atoms with Gasteiger partial charge in [-0.25, -0.2) is 19.3 Å². The minimum atomic E-state index is -0.755. The zero-order chi connectivity index (χ0) is 19.1. The van der Waals surface area contributed by atoms with Gasteiger partial charge in [-0.2, -0.15) is 0 Å². The number of aryl methyl sites for hydroxylation is 1. The molecule has 0 unspecified atom stereocenters. The smallest absolute Gasteiger partial charge is 0.332 e. The Hall–Kier alpha value is -3.45. The molecule has 0 radical (unpaired) electrons. The van der Waals surface area contributed by atoms with Crippen LogP contribution in [0, 0.1) is 6.92 Å². The molecular formula is C19H14ClN5O2. The molecule has 0 aliphatic heterocycles. The van der Waals surface area contributed by atoms with Gasteiger partial charge >= 0.3 is 5.69 Å². The van der Waals surface area contributed by atoms with Crippen LogP contribution in [0.4, 0.5) is 0 Å². The first-order valence-corrected chi connectivity index (χ1v) is 8.47. The lowest BCUT2D eigenvalue weighted by Gasteiger charge is -2.07. The molecule has 2 aromatic carbocycles. The number of amides is 1. The Kier molecular flexibility index (Phi) is 4.01. The lowest BCUT2D eigenvalue weighted by Crippen LogP contribution is -2.15. The molecule has 0 aliphatic carbocycles. The van der Waals surface area contributed by atoms with Crippen molar-refractivity contribution in [1.29, 1.82) is 0 Å². The number of imidazole rings is 1. The Labute approximate surface area is 158 Å². The zero-order valence-corrected chi connectivity index (χ0v) is 15.0. The average molecular weight is 380 g/mol. The molecule has 4 aromatic rings. The molecule has 8 heteroatoms. The minimum Gasteiger partial charge on any atom is -0.364 e. The third kappa shape index (κ3) is 2.98. The third-order valence-electron chi connectivity index (χ3n) is 4.16. The van der Waals surface area contributed by atoms with E-state index in [1.165, 1.54) is 4.57 Å². The molecule has 0 spiro atoms. The van der Waals surface area contributed by atoms with Crippen LogP contribution >= 0.6 is 11.6 Å². The highest BCUT2D eigenvalue weighted by Crippen LogP contribution is 2.23. The van der Waals surface area contributed by atoms with Crippen LogP contribution in [-0.4, -0.2) is 25.4 Å². The van der Waals surface area contributed by atoms with Crippen molar-refractivity contribution in [3.8, 4) is 17.1 Å². The molecule has 0 bridgehead atoms. The molecule has 2 aromatic heterocycles. The van der Waals surface area contributed by atoms with E-state index in [1.807, 2.05) is 19.1 Å². The Bertz CT molecular complexity index is 1220. The Morgan fingerprint density at radius 1 is 1.07 bits per heavy atom. The Balaban J connectivity index is 2.04. The van der Waals surface area contributed by atoms with E-state index in [0.29, 0.717) is 16.3 Å². The average Bonchev–Trinajstić information content (AvgIpc) is 2.98. The normalized spacial score (nSPS) is 11.0. The lowest BCUT2D eigenvalue weighted by atomic mass is 10.2. The van der Waals surface area contributed by atoms with E-state index >= 15 is 0 Å². The van der Waals surface area contributed by atoms with Crippen molar-refractivity contribution in [2.24, 2.45) is 5.73 Å². The third-order valence-corrected chi connectivity index (χ3v) is 4.42. The fourth-order valence-electron chi connectivity index (χ4n) is 2.82. The number of nitrogens with two attached hydrogens (primary N) is 1. The first-order valence-electron chi connectivity index (χ1n) is 8.09. The van der Waals surface area contributed by atoms with Gasteiger partial charge in [-0.05, 0) is 43.3 Å². The van der Waals surface area contributed by atoms with Gasteiger partial charge in [0, 0.05) is 10.6 Å². The summed E-state index contributed by atoms with van der Waals surface area (Å²) in [5, 5.41) is 0.563. The molecule has 7 nitrogen and oxygen atoms in total. The van der Waals surface area contributed by atoms with Crippen molar-refractivity contribution < 1.29 is 4.79 Å². The van der Waals surface area contributed by atoms with Crippen LogP contribution in [0.5, 0.6) is 0 Å². The van der Waals surface area contributed by atoms with Crippen LogP contribution < -0.4 is 11.4 Å². The number of carbonyl (C=O) groups is 1. The topological polar surface area (TPSA) is 107 Å². The van der Waals surface area contributed by atoms with E-state index in [1.54, 1.807) is 36.4 Å². The molecular weight excluding hydrogens is 366 g/mol. The van der Waals surface area contributed by atoms with E-state index in [4.69, 9.17) is 17.3 Å². The predicted molar refractivity (Wildman–Crippen MR) is 103 cm³/mol. The van der Waals surface area contributed by atoms with Gasteiger partial charge < -0.3 is 10.7 Å². The SMILES string of the molecule is Cc1ccc(-n2c(=O)[nH]c3c(C(N)=O)nc(-c4ccc(Cl)cc4)nc32)cc1. The molecule has 0 aliphatic rings. The highest BCUT2D eigenvalue weighted by molar-refractivity contribution is 6.30. The molecule has 3 N–H and O–H groups in total. The molecule has 1 amide bonds. The number of rotatable bonds is 3. The summed E-state index contributed by atoms with van der Waals surface area (Å²) in [7, 11) is 0. The monoisotopic (exact) mass is 379 g/mol. The number of hydrogen-bond donors (Lipinski definition) is 2. The van der Waals surface area contributed by atoms with Gasteiger partial charge in [0.15, 0.2) is 17.2 Å². The van der Waals surface area contributed by atoms with Gasteiger partial charge in [-0.15, -0.1) is 0 Å². The number of fused-ring (bicyclic) bond motifs is 1. The first kappa shape index (κ1) is 17.0. The number of aromatic amines is 1. The largest absolute Gasteiger partial charge is 0.364 e. The van der Waals surface area contributed by atoms with Crippen LogP contribution in [0.2, 0.25) is 5.02 Å². The van der Waals surface area contributed by atoms with E-state index in [-0.39, 0.29) is 22.7 Å². The maximum absolute atomic E-state index is 12.6. The number of nitrogens with one attached hydrogen (secondary N) is 1. The fourth-order valence-corrected chi connectivity index (χ4v) is 2.95. The van der Waals surface area contributed by atoms with Crippen LogP contribution in [0.1, 0.15) is 16.1 Å². The molecule has 0 fully saturated rings. The van der Waals surface area contributed by atoms with Crippen LogP contribution in [0.15, 0.2) is 53.3 Å². The summed E-state index contributed by atoms with van der Waals surface area (Å²) in [6.07, 6.45) is 0. The highest BCUT2D eigenvalue weighted by Gasteiger charge is 2.20. The van der Waals surface area contributed by atoms with Crippen molar-refractivity contribution in [2.75, 3.05) is 0 Å².